The molecule has 0 radical (unpaired) electrons. The number of nitrogens with zero attached hydrogens (tertiary/aromatic N) is 4. The molecule has 5 heterocycles. The lowest BCUT2D eigenvalue weighted by atomic mass is 10.1. The maximum absolute atomic E-state index is 13.9. The second-order valence-electron chi connectivity index (χ2n) is 8.60. The van der Waals surface area contributed by atoms with Crippen LogP contribution in [-0.4, -0.2) is 69.5 Å². The lowest BCUT2D eigenvalue weighted by Gasteiger charge is -2.29. The number of aromatic amines is 1. The highest BCUT2D eigenvalue weighted by atomic mass is 35.5. The molecule has 34 heavy (non-hydrogen) atoms. The number of aromatic nitrogens is 4. The van der Waals surface area contributed by atoms with Crippen LogP contribution < -0.4 is 9.47 Å². The molecule has 8 nitrogen and oxygen atoms in total. The SMILES string of the molecule is COc1cc2c(nc1OC)c(-c1cc3c(Cl)c(F)cnc3[nH]1)cn2CCCN1CCC(O)CC1. The van der Waals surface area contributed by atoms with Crippen LogP contribution in [0.2, 0.25) is 5.02 Å². The Balaban J connectivity index is 1.52. The highest BCUT2D eigenvalue weighted by molar-refractivity contribution is 6.35. The van der Waals surface area contributed by atoms with E-state index in [0.29, 0.717) is 22.7 Å². The number of ether oxygens (including phenoxy) is 2. The van der Waals surface area contributed by atoms with Gasteiger partial charge >= 0.3 is 0 Å². The Hall–Kier alpha value is -2.88. The first-order chi connectivity index (χ1) is 16.5. The van der Waals surface area contributed by atoms with Crippen molar-refractivity contribution in [3.63, 3.8) is 0 Å². The normalized spacial score (nSPS) is 15.4. The van der Waals surface area contributed by atoms with Crippen LogP contribution in [0.4, 0.5) is 4.39 Å². The predicted molar refractivity (Wildman–Crippen MR) is 129 cm³/mol. The summed E-state index contributed by atoms with van der Waals surface area (Å²) in [6.07, 6.45) is 5.57. The smallest absolute Gasteiger partial charge is 0.257 e. The number of aliphatic hydroxyl groups is 1. The lowest BCUT2D eigenvalue weighted by Crippen LogP contribution is -2.36. The van der Waals surface area contributed by atoms with Crippen LogP contribution in [-0.2, 0) is 6.54 Å². The van der Waals surface area contributed by atoms with E-state index in [1.54, 1.807) is 20.3 Å². The Labute approximate surface area is 201 Å². The van der Waals surface area contributed by atoms with Gasteiger partial charge in [-0.2, -0.15) is 0 Å². The van der Waals surface area contributed by atoms with Crippen LogP contribution in [0.3, 0.4) is 0 Å². The lowest BCUT2D eigenvalue weighted by molar-refractivity contribution is 0.0816. The molecule has 4 aromatic rings. The minimum absolute atomic E-state index is 0.0371. The number of piperidine rings is 1. The summed E-state index contributed by atoms with van der Waals surface area (Å²) >= 11 is 6.18. The fourth-order valence-electron chi connectivity index (χ4n) is 4.62. The minimum Gasteiger partial charge on any atom is -0.491 e. The van der Waals surface area contributed by atoms with Gasteiger partial charge in [-0.25, -0.2) is 14.4 Å². The molecule has 5 rings (SSSR count). The number of hydrogen-bond donors (Lipinski definition) is 2. The van der Waals surface area contributed by atoms with E-state index in [-0.39, 0.29) is 11.1 Å². The van der Waals surface area contributed by atoms with Gasteiger partial charge in [-0.15, -0.1) is 0 Å². The number of fused-ring (bicyclic) bond motifs is 2. The molecule has 0 aliphatic carbocycles. The van der Waals surface area contributed by atoms with Crippen molar-refractivity contribution < 1.29 is 19.0 Å². The van der Waals surface area contributed by atoms with Crippen LogP contribution in [0.1, 0.15) is 19.3 Å². The van der Waals surface area contributed by atoms with Gasteiger partial charge in [-0.1, -0.05) is 11.6 Å². The molecule has 0 bridgehead atoms. The zero-order valence-electron chi connectivity index (χ0n) is 19.1. The Bertz CT molecular complexity index is 1330. The molecule has 1 aliphatic rings. The van der Waals surface area contributed by atoms with Gasteiger partial charge in [0.2, 0.25) is 0 Å². The van der Waals surface area contributed by atoms with Gasteiger partial charge in [0.15, 0.2) is 11.6 Å². The number of aryl methyl sites for hydroxylation is 1. The molecule has 0 unspecified atom stereocenters. The summed E-state index contributed by atoms with van der Waals surface area (Å²) in [5.74, 6) is 0.380. The van der Waals surface area contributed by atoms with Crippen LogP contribution in [0.15, 0.2) is 24.5 Å². The average Bonchev–Trinajstić information content (AvgIpc) is 3.43. The number of nitrogens with one attached hydrogen (secondary N) is 1. The van der Waals surface area contributed by atoms with Gasteiger partial charge in [0.1, 0.15) is 11.2 Å². The van der Waals surface area contributed by atoms with E-state index in [2.05, 4.69) is 19.4 Å². The molecule has 0 amide bonds. The third-order valence-electron chi connectivity index (χ3n) is 6.47. The van der Waals surface area contributed by atoms with Crippen molar-refractivity contribution in [1.29, 1.82) is 0 Å². The molecule has 2 N–H and O–H groups in total. The van der Waals surface area contributed by atoms with Crippen molar-refractivity contribution >= 4 is 33.7 Å². The number of aliphatic hydroxyl groups excluding tert-OH is 1. The predicted octanol–water partition coefficient (Wildman–Crippen LogP) is 4.24. The standard InChI is InChI=1S/C24H27ClFN5O3/c1-33-20-11-19-22(29-24(20)34-2)16(18-10-15-21(25)17(26)12-27-23(15)28-18)13-31(19)7-3-6-30-8-4-14(32)5-9-30/h10-14,32H,3-9H2,1-2H3,(H,27,28). The van der Waals surface area contributed by atoms with E-state index >= 15 is 0 Å². The zero-order valence-corrected chi connectivity index (χ0v) is 19.9. The molecule has 1 saturated heterocycles. The summed E-state index contributed by atoms with van der Waals surface area (Å²) in [7, 11) is 3.14. The Kier molecular flexibility index (Phi) is 6.33. The van der Waals surface area contributed by atoms with Gasteiger partial charge in [0, 0.05) is 42.8 Å². The Morgan fingerprint density at radius 2 is 2.00 bits per heavy atom. The molecular weight excluding hydrogens is 461 g/mol. The van der Waals surface area contributed by atoms with Crippen molar-refractivity contribution in [3.8, 4) is 22.9 Å². The van der Waals surface area contributed by atoms with Crippen LogP contribution >= 0.6 is 11.6 Å². The van der Waals surface area contributed by atoms with Gasteiger partial charge in [0.25, 0.3) is 5.88 Å². The molecule has 1 aliphatic heterocycles. The van der Waals surface area contributed by atoms with Crippen molar-refractivity contribution in [2.75, 3.05) is 33.9 Å². The number of rotatable bonds is 7. The summed E-state index contributed by atoms with van der Waals surface area (Å²) in [5.41, 5.74) is 3.73. The molecule has 4 aromatic heterocycles. The van der Waals surface area contributed by atoms with Crippen LogP contribution in [0, 0.1) is 5.82 Å². The molecule has 1 fully saturated rings. The number of halogens is 2. The number of hydrogen-bond acceptors (Lipinski definition) is 6. The summed E-state index contributed by atoms with van der Waals surface area (Å²) in [5, 5.41) is 10.3. The van der Waals surface area contributed by atoms with Gasteiger partial charge in [0.05, 0.1) is 42.8 Å². The van der Waals surface area contributed by atoms with Crippen molar-refractivity contribution in [2.24, 2.45) is 0 Å². The van der Waals surface area contributed by atoms with E-state index in [4.69, 9.17) is 26.1 Å². The zero-order chi connectivity index (χ0) is 23.8. The maximum Gasteiger partial charge on any atom is 0.257 e. The molecule has 0 aromatic carbocycles. The van der Waals surface area contributed by atoms with Crippen LogP contribution in [0.5, 0.6) is 11.6 Å². The van der Waals surface area contributed by atoms with E-state index in [9.17, 15) is 9.50 Å². The highest BCUT2D eigenvalue weighted by Crippen LogP contribution is 2.37. The van der Waals surface area contributed by atoms with E-state index in [1.807, 2.05) is 12.3 Å². The Morgan fingerprint density at radius 1 is 1.21 bits per heavy atom. The highest BCUT2D eigenvalue weighted by Gasteiger charge is 2.20. The number of likely N-dealkylation sites (tertiary alicyclic amines) is 1. The topological polar surface area (TPSA) is 88.4 Å². The first-order valence-electron chi connectivity index (χ1n) is 11.3. The summed E-state index contributed by atoms with van der Waals surface area (Å²) in [6, 6.07) is 3.72. The first-order valence-corrected chi connectivity index (χ1v) is 11.7. The Morgan fingerprint density at radius 3 is 2.74 bits per heavy atom. The molecule has 0 saturated carbocycles. The van der Waals surface area contributed by atoms with Gasteiger partial charge in [-0.3, -0.25) is 0 Å². The summed E-state index contributed by atoms with van der Waals surface area (Å²) < 4.78 is 27.0. The second kappa shape index (κ2) is 9.40. The fraction of sp³-hybridized carbons (Fsp3) is 0.417. The monoisotopic (exact) mass is 487 g/mol. The quantitative estimate of drug-likeness (QED) is 0.405. The van der Waals surface area contributed by atoms with Crippen LogP contribution in [0.25, 0.3) is 33.3 Å². The summed E-state index contributed by atoms with van der Waals surface area (Å²) in [4.78, 5) is 14.5. The van der Waals surface area contributed by atoms with E-state index < -0.39 is 5.82 Å². The van der Waals surface area contributed by atoms with E-state index in [0.717, 1.165) is 73.9 Å². The first kappa shape index (κ1) is 22.9. The van der Waals surface area contributed by atoms with Crippen molar-refractivity contribution in [2.45, 2.75) is 31.9 Å². The summed E-state index contributed by atoms with van der Waals surface area (Å²) in [6.45, 7) is 3.57. The maximum atomic E-state index is 13.9. The van der Waals surface area contributed by atoms with E-state index in [1.165, 1.54) is 0 Å². The third kappa shape index (κ3) is 4.19. The largest absolute Gasteiger partial charge is 0.491 e. The molecule has 0 spiro atoms. The molecule has 180 valence electrons. The molecule has 0 atom stereocenters. The molecule has 10 heteroatoms. The number of pyridine rings is 2. The second-order valence-corrected chi connectivity index (χ2v) is 8.97. The van der Waals surface area contributed by atoms with Crippen molar-refractivity contribution in [3.05, 3.63) is 35.4 Å². The van der Waals surface area contributed by atoms with Crippen molar-refractivity contribution in [1.82, 2.24) is 24.4 Å². The average molecular weight is 488 g/mol. The van der Waals surface area contributed by atoms with Gasteiger partial charge in [-0.05, 0) is 31.9 Å². The molecular formula is C24H27ClFN5O3. The number of methoxy groups -OCH3 is 2. The number of H-pyrrole nitrogens is 1. The third-order valence-corrected chi connectivity index (χ3v) is 6.85. The minimum atomic E-state index is -0.558. The van der Waals surface area contributed by atoms with Gasteiger partial charge < -0.3 is 29.0 Å². The fourth-order valence-corrected chi connectivity index (χ4v) is 4.81.